The number of hydrogen-bond acceptors (Lipinski definition) is 3. The fourth-order valence-corrected chi connectivity index (χ4v) is 1.70. The number of benzene rings is 2. The number of nitrogen functional groups attached to an aromatic ring is 1. The number of ether oxygens (including phenoxy) is 1. The second-order valence-electron chi connectivity index (χ2n) is 4.07. The molecular weight excluding hydrogens is 266 g/mol. The number of amides is 1. The van der Waals surface area contributed by atoms with E-state index in [1.807, 2.05) is 0 Å². The average molecular weight is 278 g/mol. The highest BCUT2D eigenvalue weighted by Gasteiger charge is 2.12. The number of methoxy groups -OCH3 is 1. The molecule has 6 heteroatoms. The molecule has 20 heavy (non-hydrogen) atoms. The Morgan fingerprint density at radius 2 is 1.80 bits per heavy atom. The molecular formula is C14H12F2N2O2. The van der Waals surface area contributed by atoms with E-state index in [0.29, 0.717) is 23.2 Å². The van der Waals surface area contributed by atoms with Crippen LogP contribution < -0.4 is 15.8 Å². The number of nitrogens with one attached hydrogen (secondary N) is 1. The summed E-state index contributed by atoms with van der Waals surface area (Å²) in [5, 5.41) is 2.50. The SMILES string of the molecule is COc1ccc(N)cc1NC(=O)c1cc(F)cc(F)c1. The van der Waals surface area contributed by atoms with Crippen LogP contribution in [0.4, 0.5) is 20.2 Å². The van der Waals surface area contributed by atoms with E-state index in [1.165, 1.54) is 13.2 Å². The molecule has 0 fully saturated rings. The topological polar surface area (TPSA) is 64.3 Å². The van der Waals surface area contributed by atoms with E-state index < -0.39 is 17.5 Å². The molecule has 2 rings (SSSR count). The number of nitrogens with two attached hydrogens (primary N) is 1. The molecule has 0 aliphatic rings. The van der Waals surface area contributed by atoms with E-state index in [1.54, 1.807) is 12.1 Å². The first-order valence-corrected chi connectivity index (χ1v) is 5.70. The highest BCUT2D eigenvalue weighted by Crippen LogP contribution is 2.27. The Hall–Kier alpha value is -2.63. The molecule has 0 saturated heterocycles. The highest BCUT2D eigenvalue weighted by atomic mass is 19.1. The van der Waals surface area contributed by atoms with E-state index in [-0.39, 0.29) is 5.56 Å². The Kier molecular flexibility index (Phi) is 3.84. The zero-order valence-corrected chi connectivity index (χ0v) is 10.6. The Morgan fingerprint density at radius 1 is 1.15 bits per heavy atom. The molecule has 104 valence electrons. The third-order valence-electron chi connectivity index (χ3n) is 2.60. The zero-order valence-electron chi connectivity index (χ0n) is 10.6. The molecule has 2 aromatic rings. The maximum atomic E-state index is 13.1. The number of anilines is 2. The first-order chi connectivity index (χ1) is 9.49. The van der Waals surface area contributed by atoms with E-state index in [4.69, 9.17) is 10.5 Å². The van der Waals surface area contributed by atoms with Crippen molar-refractivity contribution in [3.05, 3.63) is 53.6 Å². The number of carbonyl (C=O) groups excluding carboxylic acids is 1. The van der Waals surface area contributed by atoms with Crippen molar-refractivity contribution in [2.24, 2.45) is 0 Å². The number of hydrogen-bond donors (Lipinski definition) is 2. The van der Waals surface area contributed by atoms with Crippen molar-refractivity contribution >= 4 is 17.3 Å². The van der Waals surface area contributed by atoms with Crippen LogP contribution in [0.2, 0.25) is 0 Å². The van der Waals surface area contributed by atoms with Crippen molar-refractivity contribution in [1.29, 1.82) is 0 Å². The standard InChI is InChI=1S/C14H12F2N2O2/c1-20-13-3-2-11(17)7-12(13)18-14(19)8-4-9(15)6-10(16)5-8/h2-7H,17H2,1H3,(H,18,19). The molecule has 4 nitrogen and oxygen atoms in total. The van der Waals surface area contributed by atoms with Gasteiger partial charge in [0.15, 0.2) is 0 Å². The Morgan fingerprint density at radius 3 is 2.40 bits per heavy atom. The van der Waals surface area contributed by atoms with Crippen LogP contribution in [0.1, 0.15) is 10.4 Å². The van der Waals surface area contributed by atoms with Crippen LogP contribution in [0.15, 0.2) is 36.4 Å². The summed E-state index contributed by atoms with van der Waals surface area (Å²) >= 11 is 0. The Balaban J connectivity index is 2.29. The van der Waals surface area contributed by atoms with Crippen molar-refractivity contribution in [2.45, 2.75) is 0 Å². The van der Waals surface area contributed by atoms with Gasteiger partial charge in [0.25, 0.3) is 5.91 Å². The molecule has 2 aromatic carbocycles. The molecule has 3 N–H and O–H groups in total. The van der Waals surface area contributed by atoms with Gasteiger partial charge >= 0.3 is 0 Å². The first kappa shape index (κ1) is 13.8. The normalized spacial score (nSPS) is 10.2. The summed E-state index contributed by atoms with van der Waals surface area (Å²) in [5.41, 5.74) is 6.23. The lowest BCUT2D eigenvalue weighted by Crippen LogP contribution is -2.13. The number of carbonyl (C=O) groups is 1. The van der Waals surface area contributed by atoms with E-state index in [2.05, 4.69) is 5.32 Å². The molecule has 0 radical (unpaired) electrons. The van der Waals surface area contributed by atoms with Gasteiger partial charge in [-0.2, -0.15) is 0 Å². The molecule has 0 heterocycles. The van der Waals surface area contributed by atoms with Crippen molar-refractivity contribution in [3.63, 3.8) is 0 Å². The number of halogens is 2. The third kappa shape index (κ3) is 3.03. The van der Waals surface area contributed by atoms with Gasteiger partial charge in [0.05, 0.1) is 12.8 Å². The third-order valence-corrected chi connectivity index (χ3v) is 2.60. The number of rotatable bonds is 3. The molecule has 0 saturated carbocycles. The van der Waals surface area contributed by atoms with Gasteiger partial charge in [0.1, 0.15) is 17.4 Å². The summed E-state index contributed by atoms with van der Waals surface area (Å²) < 4.78 is 31.2. The summed E-state index contributed by atoms with van der Waals surface area (Å²) in [6.07, 6.45) is 0. The van der Waals surface area contributed by atoms with E-state index in [9.17, 15) is 13.6 Å². The summed E-state index contributed by atoms with van der Waals surface area (Å²) in [4.78, 5) is 12.0. The Labute approximate surface area is 114 Å². The monoisotopic (exact) mass is 278 g/mol. The molecule has 1 amide bonds. The second-order valence-corrected chi connectivity index (χ2v) is 4.07. The van der Waals surface area contributed by atoms with Crippen LogP contribution in [0.3, 0.4) is 0 Å². The van der Waals surface area contributed by atoms with Crippen molar-refractivity contribution < 1.29 is 18.3 Å². The van der Waals surface area contributed by atoms with Gasteiger partial charge in [0, 0.05) is 17.3 Å². The first-order valence-electron chi connectivity index (χ1n) is 5.70. The Bertz CT molecular complexity index is 639. The van der Waals surface area contributed by atoms with Gasteiger partial charge in [-0.25, -0.2) is 8.78 Å². The molecule has 0 aliphatic heterocycles. The van der Waals surface area contributed by atoms with Gasteiger partial charge in [-0.05, 0) is 30.3 Å². The molecule has 0 unspecified atom stereocenters. The van der Waals surface area contributed by atoms with Gasteiger partial charge in [-0.15, -0.1) is 0 Å². The van der Waals surface area contributed by atoms with Gasteiger partial charge in [-0.3, -0.25) is 4.79 Å². The minimum absolute atomic E-state index is 0.132. The van der Waals surface area contributed by atoms with Gasteiger partial charge < -0.3 is 15.8 Å². The van der Waals surface area contributed by atoms with Crippen LogP contribution in [-0.4, -0.2) is 13.0 Å². The van der Waals surface area contributed by atoms with Gasteiger partial charge in [-0.1, -0.05) is 0 Å². The second kappa shape index (κ2) is 5.56. The van der Waals surface area contributed by atoms with Crippen molar-refractivity contribution in [1.82, 2.24) is 0 Å². The fraction of sp³-hybridized carbons (Fsp3) is 0.0714. The average Bonchev–Trinajstić information content (AvgIpc) is 2.37. The minimum Gasteiger partial charge on any atom is -0.495 e. The molecule has 0 bridgehead atoms. The lowest BCUT2D eigenvalue weighted by atomic mass is 10.2. The minimum atomic E-state index is -0.824. The van der Waals surface area contributed by atoms with Gasteiger partial charge in [0.2, 0.25) is 0 Å². The van der Waals surface area contributed by atoms with Crippen LogP contribution in [0.25, 0.3) is 0 Å². The van der Waals surface area contributed by atoms with E-state index >= 15 is 0 Å². The predicted octanol–water partition coefficient (Wildman–Crippen LogP) is 2.81. The molecule has 0 aromatic heterocycles. The molecule has 0 aliphatic carbocycles. The quantitative estimate of drug-likeness (QED) is 0.848. The smallest absolute Gasteiger partial charge is 0.255 e. The molecule has 0 spiro atoms. The fourth-order valence-electron chi connectivity index (χ4n) is 1.70. The van der Waals surface area contributed by atoms with Crippen LogP contribution in [0, 0.1) is 11.6 Å². The largest absolute Gasteiger partial charge is 0.495 e. The van der Waals surface area contributed by atoms with Crippen molar-refractivity contribution in [2.75, 3.05) is 18.2 Å². The maximum Gasteiger partial charge on any atom is 0.255 e. The summed E-state index contributed by atoms with van der Waals surface area (Å²) in [6, 6.07) is 7.26. The summed E-state index contributed by atoms with van der Waals surface area (Å²) in [7, 11) is 1.43. The van der Waals surface area contributed by atoms with E-state index in [0.717, 1.165) is 12.1 Å². The van der Waals surface area contributed by atoms with Crippen LogP contribution >= 0.6 is 0 Å². The van der Waals surface area contributed by atoms with Crippen molar-refractivity contribution in [3.8, 4) is 5.75 Å². The summed E-state index contributed by atoms with van der Waals surface area (Å²) in [6.45, 7) is 0. The lowest BCUT2D eigenvalue weighted by molar-refractivity contribution is 0.102. The predicted molar refractivity (Wildman–Crippen MR) is 71.7 cm³/mol. The van der Waals surface area contributed by atoms with Crippen LogP contribution in [0.5, 0.6) is 5.75 Å². The lowest BCUT2D eigenvalue weighted by Gasteiger charge is -2.11. The molecule has 0 atom stereocenters. The van der Waals surface area contributed by atoms with Crippen LogP contribution in [-0.2, 0) is 0 Å². The zero-order chi connectivity index (χ0) is 14.7. The summed E-state index contributed by atoms with van der Waals surface area (Å²) in [5.74, 6) is -1.92. The highest BCUT2D eigenvalue weighted by molar-refractivity contribution is 6.05. The maximum absolute atomic E-state index is 13.1.